The number of para-hydroxylation sites is 1. The van der Waals surface area contributed by atoms with Gasteiger partial charge in [-0.1, -0.05) is 32.0 Å². The Balaban J connectivity index is 1.97. The molecule has 1 saturated carbocycles. The SMILES string of the molecule is COC1CCCC(Oc2ccccc2CNC(C)C)C1. The zero-order chi connectivity index (χ0) is 14.4. The molecule has 0 heterocycles. The molecule has 0 radical (unpaired) electrons. The average Bonchev–Trinajstić information content (AvgIpc) is 2.46. The number of hydrogen-bond acceptors (Lipinski definition) is 3. The van der Waals surface area contributed by atoms with Gasteiger partial charge in [-0.15, -0.1) is 0 Å². The van der Waals surface area contributed by atoms with Crippen molar-refractivity contribution in [1.82, 2.24) is 5.32 Å². The molecule has 0 aliphatic heterocycles. The van der Waals surface area contributed by atoms with Crippen molar-refractivity contribution in [1.29, 1.82) is 0 Å². The van der Waals surface area contributed by atoms with Crippen molar-refractivity contribution in [2.75, 3.05) is 7.11 Å². The summed E-state index contributed by atoms with van der Waals surface area (Å²) >= 11 is 0. The highest BCUT2D eigenvalue weighted by molar-refractivity contribution is 5.33. The van der Waals surface area contributed by atoms with Crippen LogP contribution < -0.4 is 10.1 Å². The molecule has 1 aliphatic rings. The molecule has 1 aromatic carbocycles. The fourth-order valence-electron chi connectivity index (χ4n) is 2.68. The van der Waals surface area contributed by atoms with Gasteiger partial charge >= 0.3 is 0 Å². The van der Waals surface area contributed by atoms with Crippen molar-refractivity contribution in [3.63, 3.8) is 0 Å². The third-order valence-corrected chi connectivity index (χ3v) is 3.88. The summed E-state index contributed by atoms with van der Waals surface area (Å²) in [7, 11) is 1.80. The lowest BCUT2D eigenvalue weighted by atomic mass is 9.95. The van der Waals surface area contributed by atoms with Crippen LogP contribution in [0.5, 0.6) is 5.75 Å². The Morgan fingerprint density at radius 3 is 2.70 bits per heavy atom. The molecule has 1 aliphatic carbocycles. The fraction of sp³-hybridized carbons (Fsp3) is 0.647. The summed E-state index contributed by atoms with van der Waals surface area (Å²) in [6, 6.07) is 8.82. The lowest BCUT2D eigenvalue weighted by Crippen LogP contribution is -2.30. The maximum atomic E-state index is 6.23. The van der Waals surface area contributed by atoms with Crippen molar-refractivity contribution < 1.29 is 9.47 Å². The molecule has 1 N–H and O–H groups in total. The predicted octanol–water partition coefficient (Wildman–Crippen LogP) is 3.52. The second-order valence-electron chi connectivity index (χ2n) is 5.91. The second kappa shape index (κ2) is 7.65. The van der Waals surface area contributed by atoms with Crippen LogP contribution in [0.1, 0.15) is 45.1 Å². The lowest BCUT2D eigenvalue weighted by molar-refractivity contribution is 0.0206. The Bertz CT molecular complexity index is 406. The van der Waals surface area contributed by atoms with Crippen molar-refractivity contribution in [3.8, 4) is 5.75 Å². The molecule has 0 bridgehead atoms. The second-order valence-corrected chi connectivity index (χ2v) is 5.91. The van der Waals surface area contributed by atoms with E-state index in [2.05, 4.69) is 37.4 Å². The zero-order valence-corrected chi connectivity index (χ0v) is 12.9. The first-order chi connectivity index (χ1) is 9.69. The summed E-state index contributed by atoms with van der Waals surface area (Å²) in [4.78, 5) is 0. The monoisotopic (exact) mass is 277 g/mol. The molecule has 112 valence electrons. The van der Waals surface area contributed by atoms with E-state index >= 15 is 0 Å². The molecule has 0 saturated heterocycles. The van der Waals surface area contributed by atoms with E-state index in [1.165, 1.54) is 12.0 Å². The predicted molar refractivity (Wildman–Crippen MR) is 82.1 cm³/mol. The first kappa shape index (κ1) is 15.3. The summed E-state index contributed by atoms with van der Waals surface area (Å²) in [6.45, 7) is 5.18. The molecule has 2 unspecified atom stereocenters. The van der Waals surface area contributed by atoms with Gasteiger partial charge in [0.05, 0.1) is 6.10 Å². The smallest absolute Gasteiger partial charge is 0.124 e. The van der Waals surface area contributed by atoms with Gasteiger partial charge < -0.3 is 14.8 Å². The third kappa shape index (κ3) is 4.50. The molecule has 0 aromatic heterocycles. The molecule has 3 heteroatoms. The highest BCUT2D eigenvalue weighted by Gasteiger charge is 2.23. The van der Waals surface area contributed by atoms with E-state index in [1.807, 2.05) is 6.07 Å². The Hall–Kier alpha value is -1.06. The maximum absolute atomic E-state index is 6.23. The van der Waals surface area contributed by atoms with Crippen LogP contribution in [-0.4, -0.2) is 25.4 Å². The summed E-state index contributed by atoms with van der Waals surface area (Å²) in [6.07, 6.45) is 5.13. The van der Waals surface area contributed by atoms with Crippen molar-refractivity contribution in [2.45, 2.75) is 64.3 Å². The molecule has 2 rings (SSSR count). The molecule has 1 aromatic rings. The minimum absolute atomic E-state index is 0.286. The van der Waals surface area contributed by atoms with Gasteiger partial charge in [0.15, 0.2) is 0 Å². The number of benzene rings is 1. The summed E-state index contributed by atoms with van der Waals surface area (Å²) < 4.78 is 11.7. The zero-order valence-electron chi connectivity index (χ0n) is 12.9. The van der Waals surface area contributed by atoms with E-state index in [4.69, 9.17) is 9.47 Å². The number of rotatable bonds is 6. The highest BCUT2D eigenvalue weighted by atomic mass is 16.5. The molecule has 2 atom stereocenters. The van der Waals surface area contributed by atoms with Gasteiger partial charge in [0.2, 0.25) is 0 Å². The van der Waals surface area contributed by atoms with E-state index in [0.29, 0.717) is 12.1 Å². The normalized spacial score (nSPS) is 23.0. The van der Waals surface area contributed by atoms with Crippen molar-refractivity contribution in [3.05, 3.63) is 29.8 Å². The van der Waals surface area contributed by atoms with E-state index in [-0.39, 0.29) is 6.10 Å². The van der Waals surface area contributed by atoms with Gasteiger partial charge in [-0.3, -0.25) is 0 Å². The number of methoxy groups -OCH3 is 1. The van der Waals surface area contributed by atoms with Gasteiger partial charge in [-0.25, -0.2) is 0 Å². The van der Waals surface area contributed by atoms with Crippen LogP contribution in [0.3, 0.4) is 0 Å². The highest BCUT2D eigenvalue weighted by Crippen LogP contribution is 2.27. The molecule has 0 amide bonds. The Kier molecular flexibility index (Phi) is 5.86. The Labute approximate surface area is 122 Å². The van der Waals surface area contributed by atoms with E-state index < -0.39 is 0 Å². The molecular formula is C17H27NO2. The van der Waals surface area contributed by atoms with Gasteiger partial charge in [0.1, 0.15) is 11.9 Å². The van der Waals surface area contributed by atoms with Crippen molar-refractivity contribution >= 4 is 0 Å². The van der Waals surface area contributed by atoms with Crippen LogP contribution in [0.15, 0.2) is 24.3 Å². The van der Waals surface area contributed by atoms with Crippen LogP contribution in [0.25, 0.3) is 0 Å². The van der Waals surface area contributed by atoms with E-state index in [1.54, 1.807) is 7.11 Å². The van der Waals surface area contributed by atoms with Gasteiger partial charge in [-0.2, -0.15) is 0 Å². The van der Waals surface area contributed by atoms with Crippen LogP contribution in [-0.2, 0) is 11.3 Å². The summed E-state index contributed by atoms with van der Waals surface area (Å²) in [5, 5.41) is 3.45. The van der Waals surface area contributed by atoms with E-state index in [9.17, 15) is 0 Å². The number of hydrogen-bond donors (Lipinski definition) is 1. The van der Waals surface area contributed by atoms with Crippen molar-refractivity contribution in [2.24, 2.45) is 0 Å². The first-order valence-corrected chi connectivity index (χ1v) is 7.69. The first-order valence-electron chi connectivity index (χ1n) is 7.69. The molecule has 1 fully saturated rings. The number of nitrogens with one attached hydrogen (secondary N) is 1. The third-order valence-electron chi connectivity index (χ3n) is 3.88. The lowest BCUT2D eigenvalue weighted by Gasteiger charge is -2.29. The summed E-state index contributed by atoms with van der Waals surface area (Å²) in [5.41, 5.74) is 1.24. The van der Waals surface area contributed by atoms with Crippen LogP contribution in [0, 0.1) is 0 Å². The van der Waals surface area contributed by atoms with Crippen LogP contribution >= 0.6 is 0 Å². The largest absolute Gasteiger partial charge is 0.490 e. The average molecular weight is 277 g/mol. The minimum atomic E-state index is 0.286. The molecular weight excluding hydrogens is 250 g/mol. The van der Waals surface area contributed by atoms with E-state index in [0.717, 1.165) is 31.6 Å². The van der Waals surface area contributed by atoms with Crippen LogP contribution in [0.4, 0.5) is 0 Å². The minimum Gasteiger partial charge on any atom is -0.490 e. The topological polar surface area (TPSA) is 30.5 Å². The Morgan fingerprint density at radius 1 is 1.20 bits per heavy atom. The van der Waals surface area contributed by atoms with Gasteiger partial charge in [-0.05, 0) is 25.3 Å². The quantitative estimate of drug-likeness (QED) is 0.863. The maximum Gasteiger partial charge on any atom is 0.124 e. The Morgan fingerprint density at radius 2 is 1.95 bits per heavy atom. The summed E-state index contributed by atoms with van der Waals surface area (Å²) in [5.74, 6) is 1.02. The molecule has 3 nitrogen and oxygen atoms in total. The van der Waals surface area contributed by atoms with Crippen LogP contribution in [0.2, 0.25) is 0 Å². The number of ether oxygens (including phenoxy) is 2. The molecule has 0 spiro atoms. The standard InChI is InChI=1S/C17H27NO2/c1-13(2)18-12-14-7-4-5-10-17(14)20-16-9-6-8-15(11-16)19-3/h4-5,7,10,13,15-16,18H,6,8-9,11-12H2,1-3H3. The van der Waals surface area contributed by atoms with Gasteiger partial charge in [0, 0.05) is 31.7 Å². The fourth-order valence-corrected chi connectivity index (χ4v) is 2.68. The van der Waals surface area contributed by atoms with Gasteiger partial charge in [0.25, 0.3) is 0 Å². The molecule has 20 heavy (non-hydrogen) atoms.